The van der Waals surface area contributed by atoms with Gasteiger partial charge in [-0.3, -0.25) is 0 Å². The van der Waals surface area contributed by atoms with Gasteiger partial charge in [0.05, 0.1) is 0 Å². The molecule has 1 nitrogen and oxygen atoms in total. The minimum Gasteiger partial charge on any atom is -0.0422 e. The highest BCUT2D eigenvalue weighted by Gasteiger charge is 2.28. The monoisotopic (exact) mass is 103 g/mol. The summed E-state index contributed by atoms with van der Waals surface area (Å²) in [6.45, 7) is 0. The molecule has 0 bridgehead atoms. The van der Waals surface area contributed by atoms with Gasteiger partial charge in [-0.1, -0.05) is 0 Å². The van der Waals surface area contributed by atoms with Crippen LogP contribution in [-0.2, 0) is 15.9 Å². The maximum Gasteiger partial charge on any atom is 0.462 e. The van der Waals surface area contributed by atoms with E-state index in [4.69, 9.17) is 0 Å². The van der Waals surface area contributed by atoms with E-state index < -0.39 is 0 Å². The Morgan fingerprint density at radius 2 is 2.17 bits per heavy atom. The van der Waals surface area contributed by atoms with Crippen LogP contribution in [0.15, 0.2) is 0 Å². The lowest BCUT2D eigenvalue weighted by Crippen LogP contribution is -2.14. The highest BCUT2D eigenvalue weighted by Crippen LogP contribution is 2.19. The van der Waals surface area contributed by atoms with Crippen LogP contribution in [0.5, 0.6) is 0 Å². The lowest BCUT2D eigenvalue weighted by molar-refractivity contribution is 0.501. The van der Waals surface area contributed by atoms with Crippen LogP contribution in [0.25, 0.3) is 0 Å². The molecule has 0 saturated heterocycles. The van der Waals surface area contributed by atoms with Crippen molar-refractivity contribution in [1.82, 2.24) is 0 Å². The van der Waals surface area contributed by atoms with E-state index in [-0.39, 0.29) is 0 Å². The summed E-state index contributed by atoms with van der Waals surface area (Å²) in [4.78, 5) is 0. The zero-order chi connectivity index (χ0) is 4.41. The van der Waals surface area contributed by atoms with Crippen molar-refractivity contribution in [2.45, 2.75) is 24.5 Å². The molecular weight excluding hydrogens is 96.1 g/mol. The summed E-state index contributed by atoms with van der Waals surface area (Å²) in [6.07, 6.45) is 3.60. The third-order valence-corrected chi connectivity index (χ3v) is 1.93. The molecule has 0 radical (unpaired) electrons. The third kappa shape index (κ3) is 0.570. The predicted molar refractivity (Wildman–Crippen MR) is 25.7 cm³/mol. The molecule has 0 aromatic rings. The Morgan fingerprint density at radius 1 is 1.50 bits per heavy atom. The Morgan fingerprint density at radius 3 is 2.17 bits per heavy atom. The molecule has 34 valence electrons. The van der Waals surface area contributed by atoms with E-state index in [0.29, 0.717) is 5.25 Å². The number of hydrogen-bond acceptors (Lipinski definition) is 1. The molecule has 0 N–H and O–H groups in total. The van der Waals surface area contributed by atoms with Crippen molar-refractivity contribution in [2.75, 3.05) is 0 Å². The van der Waals surface area contributed by atoms with Crippen LogP contribution < -0.4 is 0 Å². The smallest absolute Gasteiger partial charge is 0.0422 e. The van der Waals surface area contributed by atoms with Gasteiger partial charge >= 0.3 is 11.7 Å². The third-order valence-electron chi connectivity index (χ3n) is 1.19. The second kappa shape index (κ2) is 1.65. The van der Waals surface area contributed by atoms with Gasteiger partial charge in [0.1, 0.15) is 0 Å². The average molecular weight is 103 g/mol. The summed E-state index contributed by atoms with van der Waals surface area (Å²) in [5, 5.41) is 0.477. The van der Waals surface area contributed by atoms with Crippen LogP contribution in [-0.4, -0.2) is 5.25 Å². The van der Waals surface area contributed by atoms with Crippen molar-refractivity contribution < 1.29 is 4.21 Å². The first-order chi connectivity index (χ1) is 2.93. The molecule has 1 rings (SSSR count). The minimum absolute atomic E-state index is 0.477. The summed E-state index contributed by atoms with van der Waals surface area (Å²) >= 11 is 0.762. The SMILES string of the molecule is O=[S+]C1CCC1. The number of rotatable bonds is 1. The van der Waals surface area contributed by atoms with Crippen molar-refractivity contribution in [3.8, 4) is 0 Å². The van der Waals surface area contributed by atoms with Crippen LogP contribution in [0.3, 0.4) is 0 Å². The summed E-state index contributed by atoms with van der Waals surface area (Å²) in [5.74, 6) is 0. The van der Waals surface area contributed by atoms with E-state index in [1.807, 2.05) is 0 Å². The highest BCUT2D eigenvalue weighted by molar-refractivity contribution is 7.66. The van der Waals surface area contributed by atoms with Crippen molar-refractivity contribution >= 4 is 11.7 Å². The molecule has 0 unspecified atom stereocenters. The fraction of sp³-hybridized carbons (Fsp3) is 1.00. The molecule has 1 fully saturated rings. The normalized spacial score (nSPS) is 22.7. The van der Waals surface area contributed by atoms with E-state index >= 15 is 0 Å². The molecule has 0 atom stereocenters. The quantitative estimate of drug-likeness (QED) is 0.452. The van der Waals surface area contributed by atoms with Gasteiger partial charge in [0.25, 0.3) is 0 Å². The Kier molecular flexibility index (Phi) is 1.15. The van der Waals surface area contributed by atoms with Crippen molar-refractivity contribution in [1.29, 1.82) is 0 Å². The Bertz CT molecular complexity index is 58.6. The van der Waals surface area contributed by atoms with Gasteiger partial charge < -0.3 is 0 Å². The second-order valence-corrected chi connectivity index (χ2v) is 2.51. The molecule has 1 aliphatic carbocycles. The van der Waals surface area contributed by atoms with Gasteiger partial charge in [-0.2, -0.15) is 0 Å². The zero-order valence-corrected chi connectivity index (χ0v) is 4.33. The van der Waals surface area contributed by atoms with Gasteiger partial charge in [-0.25, -0.2) is 0 Å². The fourth-order valence-corrected chi connectivity index (χ4v) is 0.993. The standard InChI is InChI=1S/C4H7OS/c5-6-4-2-1-3-4/h4H,1-3H2/q+1. The molecule has 0 aromatic heterocycles. The summed E-state index contributed by atoms with van der Waals surface area (Å²) in [5.41, 5.74) is 0. The molecule has 6 heavy (non-hydrogen) atoms. The molecule has 1 saturated carbocycles. The molecular formula is C4H7OS+. The Hall–Kier alpha value is 0.0200. The second-order valence-electron chi connectivity index (χ2n) is 1.65. The van der Waals surface area contributed by atoms with Crippen molar-refractivity contribution in [3.63, 3.8) is 0 Å². The summed E-state index contributed by atoms with van der Waals surface area (Å²) in [7, 11) is 0. The first-order valence-electron chi connectivity index (χ1n) is 2.22. The van der Waals surface area contributed by atoms with E-state index in [2.05, 4.69) is 0 Å². The fourth-order valence-electron chi connectivity index (χ4n) is 0.467. The largest absolute Gasteiger partial charge is 0.462 e. The first-order valence-corrected chi connectivity index (χ1v) is 3.02. The topological polar surface area (TPSA) is 17.1 Å². The van der Waals surface area contributed by atoms with E-state index in [0.717, 1.165) is 24.5 Å². The van der Waals surface area contributed by atoms with E-state index in [1.54, 1.807) is 0 Å². The number of hydrogen-bond donors (Lipinski definition) is 0. The maximum absolute atomic E-state index is 9.83. The Balaban J connectivity index is 2.16. The average Bonchev–Trinajstić information content (AvgIpc) is 1.31. The van der Waals surface area contributed by atoms with Gasteiger partial charge in [-0.15, -0.1) is 0 Å². The first kappa shape index (κ1) is 4.19. The Labute approximate surface area is 41.2 Å². The van der Waals surface area contributed by atoms with Gasteiger partial charge in [0.15, 0.2) is 0 Å². The van der Waals surface area contributed by atoms with Crippen LogP contribution in [0.2, 0.25) is 0 Å². The van der Waals surface area contributed by atoms with Crippen molar-refractivity contribution in [3.05, 3.63) is 0 Å². The predicted octanol–water partition coefficient (Wildman–Crippen LogP) is 0.967. The lowest BCUT2D eigenvalue weighted by atomic mass is 10.0. The molecule has 0 spiro atoms. The van der Waals surface area contributed by atoms with Gasteiger partial charge in [0.2, 0.25) is 5.25 Å². The molecule has 0 aliphatic heterocycles. The van der Waals surface area contributed by atoms with Crippen LogP contribution in [0.4, 0.5) is 0 Å². The van der Waals surface area contributed by atoms with Gasteiger partial charge in [-0.05, 0) is 6.42 Å². The van der Waals surface area contributed by atoms with Crippen molar-refractivity contribution in [2.24, 2.45) is 0 Å². The highest BCUT2D eigenvalue weighted by atomic mass is 32.1. The van der Waals surface area contributed by atoms with Gasteiger partial charge in [0, 0.05) is 17.1 Å². The van der Waals surface area contributed by atoms with E-state index in [9.17, 15) is 4.21 Å². The molecule has 0 aromatic carbocycles. The van der Waals surface area contributed by atoms with E-state index in [1.165, 1.54) is 6.42 Å². The summed E-state index contributed by atoms with van der Waals surface area (Å²) in [6, 6.07) is 0. The maximum atomic E-state index is 9.83. The molecule has 0 heterocycles. The van der Waals surface area contributed by atoms with Crippen LogP contribution in [0.1, 0.15) is 19.3 Å². The zero-order valence-electron chi connectivity index (χ0n) is 3.52. The van der Waals surface area contributed by atoms with Crippen LogP contribution in [0, 0.1) is 0 Å². The molecule has 1 aliphatic rings. The molecule has 0 amide bonds. The summed E-state index contributed by atoms with van der Waals surface area (Å²) < 4.78 is 9.83. The van der Waals surface area contributed by atoms with Crippen LogP contribution >= 0.6 is 0 Å². The molecule has 2 heteroatoms. The lowest BCUT2D eigenvalue weighted by Gasteiger charge is -2.06. The minimum atomic E-state index is 0.477.